The van der Waals surface area contributed by atoms with Gasteiger partial charge in [-0.1, -0.05) is 48.5 Å². The van der Waals surface area contributed by atoms with Crippen LogP contribution in [0.4, 0.5) is 0 Å². The van der Waals surface area contributed by atoms with Gasteiger partial charge in [-0.25, -0.2) is 0 Å². The maximum absolute atomic E-state index is 12.2. The van der Waals surface area contributed by atoms with E-state index in [1.54, 1.807) is 0 Å². The molecule has 3 aromatic carbocycles. The van der Waals surface area contributed by atoms with Gasteiger partial charge in [0.25, 0.3) is 5.91 Å². The van der Waals surface area contributed by atoms with Crippen LogP contribution in [0.25, 0.3) is 10.8 Å². The zero-order valence-corrected chi connectivity index (χ0v) is 14.9. The highest BCUT2D eigenvalue weighted by Gasteiger charge is 2.08. The molecule has 0 spiro atoms. The van der Waals surface area contributed by atoms with E-state index in [-0.39, 0.29) is 12.5 Å². The molecule has 0 fully saturated rings. The van der Waals surface area contributed by atoms with Gasteiger partial charge in [-0.05, 0) is 59.9 Å². The lowest BCUT2D eigenvalue weighted by molar-refractivity contribution is -0.123. The van der Waals surface area contributed by atoms with E-state index in [4.69, 9.17) is 4.74 Å². The number of nitrogens with one attached hydrogen (secondary N) is 1. The third kappa shape index (κ3) is 4.00. The average molecular weight is 333 g/mol. The highest BCUT2D eigenvalue weighted by Crippen LogP contribution is 2.23. The summed E-state index contributed by atoms with van der Waals surface area (Å²) in [4.78, 5) is 12.2. The van der Waals surface area contributed by atoms with Crippen LogP contribution >= 0.6 is 0 Å². The Morgan fingerprint density at radius 1 is 1.00 bits per heavy atom. The maximum Gasteiger partial charge on any atom is 0.258 e. The van der Waals surface area contributed by atoms with Crippen molar-refractivity contribution in [3.8, 4) is 5.75 Å². The molecular formula is C22H23NO2. The average Bonchev–Trinajstić information content (AvgIpc) is 2.61. The number of amides is 1. The molecular weight excluding hydrogens is 310 g/mol. The first-order chi connectivity index (χ1) is 12.0. The highest BCUT2D eigenvalue weighted by atomic mass is 16.5. The fourth-order valence-corrected chi connectivity index (χ4v) is 2.99. The Hall–Kier alpha value is -2.81. The molecule has 0 aliphatic rings. The van der Waals surface area contributed by atoms with Gasteiger partial charge in [-0.3, -0.25) is 4.79 Å². The number of hydrogen-bond acceptors (Lipinski definition) is 2. The lowest BCUT2D eigenvalue weighted by atomic mass is 10.0. The molecule has 1 N–H and O–H groups in total. The number of rotatable bonds is 5. The quantitative estimate of drug-likeness (QED) is 0.748. The van der Waals surface area contributed by atoms with Crippen molar-refractivity contribution < 1.29 is 9.53 Å². The normalized spacial score (nSPS) is 10.7. The van der Waals surface area contributed by atoms with E-state index in [9.17, 15) is 4.79 Å². The summed E-state index contributed by atoms with van der Waals surface area (Å²) in [6.45, 7) is 6.61. The van der Waals surface area contributed by atoms with Crippen LogP contribution in [-0.2, 0) is 11.3 Å². The summed E-state index contributed by atoms with van der Waals surface area (Å²) >= 11 is 0. The molecule has 25 heavy (non-hydrogen) atoms. The van der Waals surface area contributed by atoms with Gasteiger partial charge in [0.05, 0.1) is 0 Å². The lowest BCUT2D eigenvalue weighted by Gasteiger charge is -2.13. The second kappa shape index (κ2) is 7.39. The first-order valence-corrected chi connectivity index (χ1v) is 8.48. The standard InChI is InChI=1S/C22H23NO2/c1-15-11-16(2)17(3)21(12-15)25-14-22(24)23-13-19-9-6-8-18-7-4-5-10-20(18)19/h4-12H,13-14H2,1-3H3,(H,23,24). The SMILES string of the molecule is Cc1cc(C)c(C)c(OCC(=O)NCc2cccc3ccccc23)c1. The van der Waals surface area contributed by atoms with Crippen LogP contribution in [-0.4, -0.2) is 12.5 Å². The predicted molar refractivity (Wildman–Crippen MR) is 102 cm³/mol. The van der Waals surface area contributed by atoms with E-state index < -0.39 is 0 Å². The van der Waals surface area contributed by atoms with E-state index in [0.29, 0.717) is 6.54 Å². The van der Waals surface area contributed by atoms with Crippen LogP contribution in [0, 0.1) is 20.8 Å². The fourth-order valence-electron chi connectivity index (χ4n) is 2.99. The van der Waals surface area contributed by atoms with Crippen LogP contribution in [0.15, 0.2) is 54.6 Å². The molecule has 128 valence electrons. The van der Waals surface area contributed by atoms with Crippen molar-refractivity contribution >= 4 is 16.7 Å². The van der Waals surface area contributed by atoms with Gasteiger partial charge in [0.1, 0.15) is 5.75 Å². The molecule has 0 aliphatic heterocycles. The second-order valence-electron chi connectivity index (χ2n) is 6.41. The summed E-state index contributed by atoms with van der Waals surface area (Å²) in [5, 5.41) is 5.29. The molecule has 0 saturated carbocycles. The van der Waals surface area contributed by atoms with Crippen molar-refractivity contribution in [1.29, 1.82) is 0 Å². The summed E-state index contributed by atoms with van der Waals surface area (Å²) in [6, 6.07) is 18.4. The van der Waals surface area contributed by atoms with Crippen LogP contribution < -0.4 is 10.1 Å². The second-order valence-corrected chi connectivity index (χ2v) is 6.41. The van der Waals surface area contributed by atoms with E-state index in [1.807, 2.05) is 44.2 Å². The largest absolute Gasteiger partial charge is 0.483 e. The molecule has 3 nitrogen and oxygen atoms in total. The molecule has 3 aromatic rings. The molecule has 0 atom stereocenters. The van der Waals surface area contributed by atoms with Gasteiger partial charge in [0.2, 0.25) is 0 Å². The van der Waals surface area contributed by atoms with Crippen LogP contribution in [0.1, 0.15) is 22.3 Å². The Balaban J connectivity index is 1.62. The van der Waals surface area contributed by atoms with Crippen molar-refractivity contribution in [2.75, 3.05) is 6.61 Å². The van der Waals surface area contributed by atoms with E-state index in [2.05, 4.69) is 36.5 Å². The minimum atomic E-state index is -0.119. The van der Waals surface area contributed by atoms with Gasteiger partial charge in [-0.15, -0.1) is 0 Å². The maximum atomic E-state index is 12.2. The predicted octanol–water partition coefficient (Wildman–Crippen LogP) is 4.46. The zero-order chi connectivity index (χ0) is 17.8. The van der Waals surface area contributed by atoms with Gasteiger partial charge >= 0.3 is 0 Å². The zero-order valence-electron chi connectivity index (χ0n) is 14.9. The van der Waals surface area contributed by atoms with Gasteiger partial charge in [0.15, 0.2) is 6.61 Å². The van der Waals surface area contributed by atoms with E-state index in [1.165, 1.54) is 10.9 Å². The Morgan fingerprint density at radius 2 is 1.76 bits per heavy atom. The minimum absolute atomic E-state index is 0.0223. The first-order valence-electron chi connectivity index (χ1n) is 8.48. The number of carbonyl (C=O) groups is 1. The molecule has 0 bridgehead atoms. The number of ether oxygens (including phenoxy) is 1. The summed E-state index contributed by atoms with van der Waals surface area (Å²) in [5.74, 6) is 0.657. The van der Waals surface area contributed by atoms with Crippen LogP contribution in [0.5, 0.6) is 5.75 Å². The minimum Gasteiger partial charge on any atom is -0.483 e. The molecule has 3 rings (SSSR count). The number of hydrogen-bond donors (Lipinski definition) is 1. The summed E-state index contributed by atoms with van der Waals surface area (Å²) < 4.78 is 5.72. The van der Waals surface area contributed by atoms with E-state index in [0.717, 1.165) is 27.8 Å². The highest BCUT2D eigenvalue weighted by molar-refractivity contribution is 5.86. The molecule has 0 heterocycles. The smallest absolute Gasteiger partial charge is 0.258 e. The molecule has 3 heteroatoms. The number of carbonyl (C=O) groups excluding carboxylic acids is 1. The Bertz CT molecular complexity index is 910. The van der Waals surface area contributed by atoms with Crippen molar-refractivity contribution in [3.63, 3.8) is 0 Å². The Morgan fingerprint density at radius 3 is 2.60 bits per heavy atom. The van der Waals surface area contributed by atoms with Crippen molar-refractivity contribution in [2.45, 2.75) is 27.3 Å². The van der Waals surface area contributed by atoms with E-state index >= 15 is 0 Å². The molecule has 0 unspecified atom stereocenters. The van der Waals surface area contributed by atoms with Gasteiger partial charge in [0, 0.05) is 6.54 Å². The van der Waals surface area contributed by atoms with Crippen LogP contribution in [0.2, 0.25) is 0 Å². The third-order valence-electron chi connectivity index (χ3n) is 4.48. The first kappa shape index (κ1) is 17.0. The molecule has 1 amide bonds. The molecule has 0 aromatic heterocycles. The topological polar surface area (TPSA) is 38.3 Å². The summed E-state index contributed by atoms with van der Waals surface area (Å²) in [5.41, 5.74) is 4.49. The summed E-state index contributed by atoms with van der Waals surface area (Å²) in [7, 11) is 0. The van der Waals surface area contributed by atoms with Crippen molar-refractivity contribution in [3.05, 3.63) is 76.9 Å². The Kier molecular flexibility index (Phi) is 5.03. The van der Waals surface area contributed by atoms with Crippen molar-refractivity contribution in [2.24, 2.45) is 0 Å². The number of aryl methyl sites for hydroxylation is 2. The van der Waals surface area contributed by atoms with Gasteiger partial charge < -0.3 is 10.1 Å². The molecule has 0 saturated heterocycles. The molecule has 0 radical (unpaired) electrons. The number of benzene rings is 3. The van der Waals surface area contributed by atoms with Gasteiger partial charge in [-0.2, -0.15) is 0 Å². The van der Waals surface area contributed by atoms with Crippen LogP contribution in [0.3, 0.4) is 0 Å². The Labute approximate surface area is 148 Å². The lowest BCUT2D eigenvalue weighted by Crippen LogP contribution is -2.28. The monoisotopic (exact) mass is 333 g/mol. The number of fused-ring (bicyclic) bond motifs is 1. The third-order valence-corrected chi connectivity index (χ3v) is 4.48. The molecule has 0 aliphatic carbocycles. The fraction of sp³-hybridized carbons (Fsp3) is 0.227. The summed E-state index contributed by atoms with van der Waals surface area (Å²) in [6.07, 6.45) is 0. The van der Waals surface area contributed by atoms with Crippen molar-refractivity contribution in [1.82, 2.24) is 5.32 Å².